The molecule has 0 saturated carbocycles. The Balaban J connectivity index is 2.54. The number of aliphatic hydroxyl groups is 1. The molecule has 0 radical (unpaired) electrons. The summed E-state index contributed by atoms with van der Waals surface area (Å²) in [4.78, 5) is 0. The molecule has 1 aromatic carbocycles. The normalized spacial score (nSPS) is 12.2. The van der Waals surface area contributed by atoms with Gasteiger partial charge in [-0.25, -0.2) is 0 Å². The predicted molar refractivity (Wildman–Crippen MR) is 71.5 cm³/mol. The average Bonchev–Trinajstić information content (AvgIpc) is 2.27. The topological polar surface area (TPSA) is 50.7 Å². The van der Waals surface area contributed by atoms with Crippen LogP contribution in [-0.4, -0.2) is 31.5 Å². The van der Waals surface area contributed by atoms with Crippen molar-refractivity contribution in [2.24, 2.45) is 0 Å². The van der Waals surface area contributed by atoms with Gasteiger partial charge in [0.15, 0.2) is 0 Å². The van der Waals surface area contributed by atoms with Crippen molar-refractivity contribution in [3.05, 3.63) is 23.2 Å². The molecule has 0 heterocycles. The zero-order valence-electron chi connectivity index (χ0n) is 8.74. The van der Waals surface area contributed by atoms with Crippen molar-refractivity contribution in [3.8, 4) is 11.5 Å². The van der Waals surface area contributed by atoms with Gasteiger partial charge in [0.05, 0.1) is 12.1 Å². The minimum Gasteiger partial charge on any atom is -0.497 e. The maximum atomic E-state index is 9.44. The van der Waals surface area contributed by atoms with Crippen LogP contribution < -0.4 is 13.0 Å². The number of hydrogen-bond donors (Lipinski definition) is 2. The molecular formula is C10H13ClINO3. The van der Waals surface area contributed by atoms with Crippen LogP contribution in [0.4, 0.5) is 0 Å². The zero-order chi connectivity index (χ0) is 12.0. The van der Waals surface area contributed by atoms with Crippen molar-refractivity contribution in [2.45, 2.75) is 6.10 Å². The molecular weight excluding hydrogens is 344 g/mol. The van der Waals surface area contributed by atoms with Gasteiger partial charge in [-0.2, -0.15) is 0 Å². The second-order valence-corrected chi connectivity index (χ2v) is 4.27. The van der Waals surface area contributed by atoms with Gasteiger partial charge in [0.1, 0.15) is 24.2 Å². The number of ether oxygens (including phenoxy) is 2. The van der Waals surface area contributed by atoms with E-state index >= 15 is 0 Å². The first-order chi connectivity index (χ1) is 7.67. The van der Waals surface area contributed by atoms with Crippen LogP contribution in [0.3, 0.4) is 0 Å². The summed E-state index contributed by atoms with van der Waals surface area (Å²) in [5.74, 6) is 1.21. The van der Waals surface area contributed by atoms with Crippen LogP contribution in [-0.2, 0) is 0 Å². The van der Waals surface area contributed by atoms with Gasteiger partial charge >= 0.3 is 0 Å². The molecule has 1 aromatic rings. The van der Waals surface area contributed by atoms with E-state index in [1.165, 1.54) is 0 Å². The number of methoxy groups -OCH3 is 1. The van der Waals surface area contributed by atoms with Gasteiger partial charge in [0, 0.05) is 35.5 Å². The highest BCUT2D eigenvalue weighted by Crippen LogP contribution is 2.28. The summed E-state index contributed by atoms with van der Waals surface area (Å²) in [5, 5.41) is 9.91. The highest BCUT2D eigenvalue weighted by Gasteiger charge is 2.07. The lowest BCUT2D eigenvalue weighted by Crippen LogP contribution is -2.26. The first-order valence-electron chi connectivity index (χ1n) is 4.65. The molecule has 0 amide bonds. The van der Waals surface area contributed by atoms with Gasteiger partial charge in [0.25, 0.3) is 0 Å². The summed E-state index contributed by atoms with van der Waals surface area (Å²) >= 11 is 7.93. The van der Waals surface area contributed by atoms with Crippen molar-refractivity contribution in [1.82, 2.24) is 3.53 Å². The molecule has 0 saturated heterocycles. The first kappa shape index (κ1) is 13.8. The number of benzene rings is 1. The highest BCUT2D eigenvalue weighted by atomic mass is 127. The molecule has 16 heavy (non-hydrogen) atoms. The van der Waals surface area contributed by atoms with Crippen molar-refractivity contribution in [2.75, 3.05) is 20.3 Å². The van der Waals surface area contributed by atoms with E-state index in [0.29, 0.717) is 23.1 Å². The summed E-state index contributed by atoms with van der Waals surface area (Å²) in [6, 6.07) is 5.13. The van der Waals surface area contributed by atoms with Crippen LogP contribution >= 0.6 is 34.5 Å². The monoisotopic (exact) mass is 357 g/mol. The summed E-state index contributed by atoms with van der Waals surface area (Å²) < 4.78 is 13.2. The van der Waals surface area contributed by atoms with Gasteiger partial charge in [0.2, 0.25) is 0 Å². The fraction of sp³-hybridized carbons (Fsp3) is 0.400. The third-order valence-corrected chi connectivity index (χ3v) is 2.62. The lowest BCUT2D eigenvalue weighted by molar-refractivity contribution is 0.112. The van der Waals surface area contributed by atoms with Crippen LogP contribution in [0.25, 0.3) is 0 Å². The zero-order valence-corrected chi connectivity index (χ0v) is 11.7. The summed E-state index contributed by atoms with van der Waals surface area (Å²) in [7, 11) is 1.57. The SMILES string of the molecule is COc1ccc(OCC(O)CNI)c(Cl)c1. The number of halogens is 2. The molecule has 0 aliphatic carbocycles. The van der Waals surface area contributed by atoms with Gasteiger partial charge in [-0.05, 0) is 12.1 Å². The van der Waals surface area contributed by atoms with Crippen molar-refractivity contribution in [3.63, 3.8) is 0 Å². The summed E-state index contributed by atoms with van der Waals surface area (Å²) in [6.45, 7) is 0.663. The lowest BCUT2D eigenvalue weighted by Gasteiger charge is -2.12. The van der Waals surface area contributed by atoms with E-state index in [0.717, 1.165) is 0 Å². The second kappa shape index (κ2) is 7.16. The van der Waals surface area contributed by atoms with Gasteiger partial charge in [-0.1, -0.05) is 11.6 Å². The molecule has 1 rings (SSSR count). The Labute approximate surface area is 113 Å². The third-order valence-electron chi connectivity index (χ3n) is 1.88. The van der Waals surface area contributed by atoms with Crippen molar-refractivity contribution >= 4 is 34.5 Å². The fourth-order valence-corrected chi connectivity index (χ4v) is 1.79. The van der Waals surface area contributed by atoms with E-state index in [4.69, 9.17) is 21.1 Å². The average molecular weight is 358 g/mol. The Morgan fingerprint density at radius 3 is 2.88 bits per heavy atom. The number of aliphatic hydroxyl groups excluding tert-OH is 1. The third kappa shape index (κ3) is 4.32. The Morgan fingerprint density at radius 2 is 2.31 bits per heavy atom. The Bertz CT molecular complexity index is 338. The molecule has 0 aromatic heterocycles. The Kier molecular flexibility index (Phi) is 6.18. The smallest absolute Gasteiger partial charge is 0.138 e. The molecule has 2 N–H and O–H groups in total. The number of hydrogen-bond acceptors (Lipinski definition) is 4. The van der Waals surface area contributed by atoms with Crippen molar-refractivity contribution < 1.29 is 14.6 Å². The van der Waals surface area contributed by atoms with Gasteiger partial charge in [-0.15, -0.1) is 0 Å². The Hall–Kier alpha value is -0.240. The van der Waals surface area contributed by atoms with E-state index in [1.807, 2.05) is 22.9 Å². The van der Waals surface area contributed by atoms with Crippen LogP contribution in [0.5, 0.6) is 11.5 Å². The molecule has 0 spiro atoms. The molecule has 4 nitrogen and oxygen atoms in total. The maximum absolute atomic E-state index is 9.44. The molecule has 90 valence electrons. The minimum absolute atomic E-state index is 0.196. The lowest BCUT2D eigenvalue weighted by atomic mass is 10.3. The van der Waals surface area contributed by atoms with Crippen LogP contribution in [0.1, 0.15) is 0 Å². The number of rotatable bonds is 6. The predicted octanol–water partition coefficient (Wildman–Crippen LogP) is 2.03. The second-order valence-electron chi connectivity index (χ2n) is 3.10. The standard InChI is InChI=1S/C10H13ClINO3/c1-15-8-2-3-10(9(11)4-8)16-6-7(14)5-13-12/h2-4,7,13-14H,5-6H2,1H3. The molecule has 0 bridgehead atoms. The quantitative estimate of drug-likeness (QED) is 0.604. The minimum atomic E-state index is -0.560. The molecule has 0 aliphatic heterocycles. The molecule has 6 heteroatoms. The number of nitrogens with one attached hydrogen (secondary N) is 1. The van der Waals surface area contributed by atoms with Crippen LogP contribution in [0.2, 0.25) is 5.02 Å². The fourth-order valence-electron chi connectivity index (χ4n) is 1.06. The summed E-state index contributed by atoms with van der Waals surface area (Å²) in [5.41, 5.74) is 0. The summed E-state index contributed by atoms with van der Waals surface area (Å²) in [6.07, 6.45) is -0.560. The van der Waals surface area contributed by atoms with Gasteiger partial charge < -0.3 is 14.6 Å². The first-order valence-corrected chi connectivity index (χ1v) is 6.11. The van der Waals surface area contributed by atoms with E-state index < -0.39 is 6.10 Å². The van der Waals surface area contributed by atoms with E-state index in [-0.39, 0.29) is 6.61 Å². The van der Waals surface area contributed by atoms with Crippen LogP contribution in [0.15, 0.2) is 18.2 Å². The van der Waals surface area contributed by atoms with E-state index in [2.05, 4.69) is 3.53 Å². The molecule has 0 aliphatic rings. The van der Waals surface area contributed by atoms with E-state index in [1.54, 1.807) is 25.3 Å². The highest BCUT2D eigenvalue weighted by molar-refractivity contribution is 14.1. The van der Waals surface area contributed by atoms with Gasteiger partial charge in [-0.3, -0.25) is 3.53 Å². The molecule has 0 fully saturated rings. The largest absolute Gasteiger partial charge is 0.497 e. The Morgan fingerprint density at radius 1 is 1.56 bits per heavy atom. The van der Waals surface area contributed by atoms with E-state index in [9.17, 15) is 5.11 Å². The maximum Gasteiger partial charge on any atom is 0.138 e. The van der Waals surface area contributed by atoms with Crippen molar-refractivity contribution in [1.29, 1.82) is 0 Å². The molecule has 1 unspecified atom stereocenters. The molecule has 1 atom stereocenters. The van der Waals surface area contributed by atoms with Crippen LogP contribution in [0, 0.1) is 0 Å².